The minimum Gasteiger partial charge on any atom is -0.327 e. The third-order valence-electron chi connectivity index (χ3n) is 1.68. The Balaban J connectivity index is 2.50. The first-order valence-electron chi connectivity index (χ1n) is 4.23. The molecule has 1 unspecified atom stereocenters. The van der Waals surface area contributed by atoms with Crippen molar-refractivity contribution in [3.8, 4) is 0 Å². The molecule has 0 aliphatic rings. The molecule has 1 atom stereocenters. The minimum absolute atomic E-state index is 0.225. The molecule has 4 heteroatoms. The third-order valence-corrected chi connectivity index (χ3v) is 3.29. The van der Waals surface area contributed by atoms with Gasteiger partial charge in [0.15, 0.2) is 0 Å². The molecule has 1 heterocycles. The average molecular weight is 217 g/mol. The molecular weight excluding hydrogens is 204 g/mol. The fourth-order valence-electron chi connectivity index (χ4n) is 0.781. The van der Waals surface area contributed by atoms with Crippen LogP contribution in [0.2, 0.25) is 5.02 Å². The Hall–Kier alpha value is -0.250. The molecule has 13 heavy (non-hydrogen) atoms. The number of hydrogen-bond acceptors (Lipinski definition) is 3. The van der Waals surface area contributed by atoms with Crippen LogP contribution in [0.4, 0.5) is 0 Å². The van der Waals surface area contributed by atoms with Crippen LogP contribution >= 0.6 is 23.4 Å². The van der Waals surface area contributed by atoms with Gasteiger partial charge in [0.25, 0.3) is 0 Å². The topological polar surface area (TPSA) is 38.9 Å². The van der Waals surface area contributed by atoms with Gasteiger partial charge in [-0.25, -0.2) is 4.98 Å². The Bertz CT molecular complexity index is 268. The second-order valence-electron chi connectivity index (χ2n) is 2.77. The zero-order valence-corrected chi connectivity index (χ0v) is 9.11. The molecule has 0 fully saturated rings. The third kappa shape index (κ3) is 3.55. The molecule has 0 spiro atoms. The lowest BCUT2D eigenvalue weighted by molar-refractivity contribution is 0.724. The van der Waals surface area contributed by atoms with Gasteiger partial charge in [-0.15, -0.1) is 11.8 Å². The van der Waals surface area contributed by atoms with E-state index in [1.54, 1.807) is 18.0 Å². The highest BCUT2D eigenvalue weighted by atomic mass is 35.5. The van der Waals surface area contributed by atoms with E-state index in [-0.39, 0.29) is 6.04 Å². The maximum atomic E-state index is 5.93. The van der Waals surface area contributed by atoms with Crippen LogP contribution in [0.5, 0.6) is 0 Å². The van der Waals surface area contributed by atoms with E-state index in [2.05, 4.69) is 11.9 Å². The van der Waals surface area contributed by atoms with E-state index < -0.39 is 0 Å². The zero-order chi connectivity index (χ0) is 9.68. The lowest BCUT2D eigenvalue weighted by Crippen LogP contribution is -2.21. The Kier molecular flexibility index (Phi) is 4.56. The van der Waals surface area contributed by atoms with Crippen LogP contribution in [0.1, 0.15) is 13.3 Å². The lowest BCUT2D eigenvalue weighted by Gasteiger charge is -2.07. The van der Waals surface area contributed by atoms with E-state index in [1.807, 2.05) is 12.1 Å². The molecule has 2 nitrogen and oxygen atoms in total. The average Bonchev–Trinajstić information content (AvgIpc) is 2.16. The summed E-state index contributed by atoms with van der Waals surface area (Å²) in [5.74, 6) is 0.868. The number of pyridine rings is 1. The van der Waals surface area contributed by atoms with E-state index in [0.29, 0.717) is 5.02 Å². The standard InChI is InChI=1S/C9H13ClN2S/c1-2-7(11)6-13-9-8(10)4-3-5-12-9/h3-5,7H,2,6,11H2,1H3. The van der Waals surface area contributed by atoms with Crippen molar-refractivity contribution in [1.29, 1.82) is 0 Å². The largest absolute Gasteiger partial charge is 0.327 e. The zero-order valence-electron chi connectivity index (χ0n) is 7.53. The summed E-state index contributed by atoms with van der Waals surface area (Å²) in [5.41, 5.74) is 5.78. The van der Waals surface area contributed by atoms with Crippen molar-refractivity contribution >= 4 is 23.4 Å². The van der Waals surface area contributed by atoms with E-state index in [0.717, 1.165) is 17.2 Å². The van der Waals surface area contributed by atoms with Crippen LogP contribution in [0, 0.1) is 0 Å². The normalized spacial score (nSPS) is 12.8. The lowest BCUT2D eigenvalue weighted by atomic mass is 10.3. The number of rotatable bonds is 4. The summed E-state index contributed by atoms with van der Waals surface area (Å²) in [5, 5.41) is 1.57. The minimum atomic E-state index is 0.225. The van der Waals surface area contributed by atoms with E-state index in [9.17, 15) is 0 Å². The monoisotopic (exact) mass is 216 g/mol. The van der Waals surface area contributed by atoms with Crippen LogP contribution in [0.15, 0.2) is 23.4 Å². The second kappa shape index (κ2) is 5.47. The van der Waals surface area contributed by atoms with Gasteiger partial charge in [0.1, 0.15) is 5.03 Å². The Morgan fingerprint density at radius 3 is 3.08 bits per heavy atom. The fourth-order valence-corrected chi connectivity index (χ4v) is 2.02. The van der Waals surface area contributed by atoms with E-state index >= 15 is 0 Å². The molecular formula is C9H13ClN2S. The Labute approximate surface area is 87.9 Å². The maximum Gasteiger partial charge on any atom is 0.115 e. The van der Waals surface area contributed by atoms with Gasteiger partial charge in [-0.05, 0) is 18.6 Å². The highest BCUT2D eigenvalue weighted by Gasteiger charge is 2.04. The van der Waals surface area contributed by atoms with Crippen LogP contribution in [0.25, 0.3) is 0 Å². The number of aromatic nitrogens is 1. The molecule has 0 bridgehead atoms. The number of halogens is 1. The summed E-state index contributed by atoms with van der Waals surface area (Å²) in [6, 6.07) is 3.89. The van der Waals surface area contributed by atoms with Gasteiger partial charge in [0.05, 0.1) is 5.02 Å². The van der Waals surface area contributed by atoms with E-state index in [1.165, 1.54) is 0 Å². The van der Waals surface area contributed by atoms with E-state index in [4.69, 9.17) is 17.3 Å². The van der Waals surface area contributed by atoms with Gasteiger partial charge < -0.3 is 5.73 Å². The number of nitrogens with two attached hydrogens (primary N) is 1. The maximum absolute atomic E-state index is 5.93. The second-order valence-corrected chi connectivity index (χ2v) is 4.19. The van der Waals surface area contributed by atoms with Crippen molar-refractivity contribution in [1.82, 2.24) is 4.98 Å². The first kappa shape index (κ1) is 10.8. The molecule has 0 aliphatic carbocycles. The summed E-state index contributed by atoms with van der Waals surface area (Å²) < 4.78 is 0. The van der Waals surface area contributed by atoms with Gasteiger partial charge in [-0.2, -0.15) is 0 Å². The van der Waals surface area contributed by atoms with Crippen molar-refractivity contribution in [2.75, 3.05) is 5.75 Å². The Morgan fingerprint density at radius 2 is 2.46 bits per heavy atom. The van der Waals surface area contributed by atoms with Crippen LogP contribution in [0.3, 0.4) is 0 Å². The van der Waals surface area contributed by atoms with Crippen LogP contribution in [-0.4, -0.2) is 16.8 Å². The van der Waals surface area contributed by atoms with Crippen molar-refractivity contribution in [3.05, 3.63) is 23.4 Å². The molecule has 0 aromatic carbocycles. The molecule has 2 N–H and O–H groups in total. The molecule has 0 radical (unpaired) electrons. The molecule has 0 saturated carbocycles. The smallest absolute Gasteiger partial charge is 0.115 e. The van der Waals surface area contributed by atoms with Crippen molar-refractivity contribution < 1.29 is 0 Å². The van der Waals surface area contributed by atoms with Crippen LogP contribution < -0.4 is 5.73 Å². The summed E-state index contributed by atoms with van der Waals surface area (Å²) in [7, 11) is 0. The molecule has 72 valence electrons. The SMILES string of the molecule is CCC(N)CSc1ncccc1Cl. The predicted octanol–water partition coefficient (Wildman–Crippen LogP) is 2.56. The van der Waals surface area contributed by atoms with Gasteiger partial charge in [0.2, 0.25) is 0 Å². The van der Waals surface area contributed by atoms with Gasteiger partial charge in [-0.3, -0.25) is 0 Å². The highest BCUT2D eigenvalue weighted by molar-refractivity contribution is 7.99. The molecule has 0 aliphatic heterocycles. The summed E-state index contributed by atoms with van der Waals surface area (Å²) in [6.45, 7) is 2.07. The van der Waals surface area contributed by atoms with Crippen molar-refractivity contribution in [2.45, 2.75) is 24.4 Å². The highest BCUT2D eigenvalue weighted by Crippen LogP contribution is 2.24. The Morgan fingerprint density at radius 1 is 1.69 bits per heavy atom. The number of nitrogens with zero attached hydrogens (tertiary/aromatic N) is 1. The quantitative estimate of drug-likeness (QED) is 0.787. The molecule has 0 amide bonds. The van der Waals surface area contributed by atoms with Gasteiger partial charge >= 0.3 is 0 Å². The van der Waals surface area contributed by atoms with Gasteiger partial charge in [-0.1, -0.05) is 18.5 Å². The number of hydrogen-bond donors (Lipinski definition) is 1. The first-order valence-corrected chi connectivity index (χ1v) is 5.59. The fraction of sp³-hybridized carbons (Fsp3) is 0.444. The van der Waals surface area contributed by atoms with Crippen molar-refractivity contribution in [3.63, 3.8) is 0 Å². The van der Waals surface area contributed by atoms with Gasteiger partial charge in [0, 0.05) is 18.0 Å². The summed E-state index contributed by atoms with van der Waals surface area (Å²) in [6.07, 6.45) is 2.73. The van der Waals surface area contributed by atoms with Crippen molar-refractivity contribution in [2.24, 2.45) is 5.73 Å². The number of thioether (sulfide) groups is 1. The molecule has 1 aromatic heterocycles. The summed E-state index contributed by atoms with van der Waals surface area (Å²) >= 11 is 7.54. The predicted molar refractivity (Wildman–Crippen MR) is 58.2 cm³/mol. The van der Waals surface area contributed by atoms with Crippen LogP contribution in [-0.2, 0) is 0 Å². The molecule has 0 saturated heterocycles. The molecule has 1 rings (SSSR count). The summed E-state index contributed by atoms with van der Waals surface area (Å²) in [4.78, 5) is 4.16. The molecule has 1 aromatic rings. The first-order chi connectivity index (χ1) is 6.24.